The largest absolute Gasteiger partial charge is 0.504 e. The van der Waals surface area contributed by atoms with Crippen LogP contribution in [-0.2, 0) is 11.3 Å². The van der Waals surface area contributed by atoms with Crippen LogP contribution in [0.25, 0.3) is 0 Å². The van der Waals surface area contributed by atoms with Crippen LogP contribution in [0.5, 0.6) is 11.5 Å². The van der Waals surface area contributed by atoms with E-state index < -0.39 is 43.9 Å². The molecule has 0 radical (unpaired) electrons. The minimum atomic E-state index is -1.59. The molecule has 1 fully saturated rings. The summed E-state index contributed by atoms with van der Waals surface area (Å²) in [7, 11) is 0. The second-order valence-corrected chi connectivity index (χ2v) is 4.74. The molecule has 0 bridgehead atoms. The number of rotatable bonds is 4. The number of aliphatic hydroxyl groups excluding tert-OH is 5. The van der Waals surface area contributed by atoms with Crippen LogP contribution in [0.4, 0.5) is 0 Å². The maximum absolute atomic E-state index is 9.85. The zero-order valence-corrected chi connectivity index (χ0v) is 11.0. The Kier molecular flexibility index (Phi) is 4.99. The molecule has 0 amide bonds. The lowest BCUT2D eigenvalue weighted by Crippen LogP contribution is -2.60. The number of aliphatic hydroxyl groups is 5. The first-order valence-corrected chi connectivity index (χ1v) is 6.38. The molecule has 0 spiro atoms. The quantitative estimate of drug-likeness (QED) is 0.378. The number of hydrogen-bond donors (Lipinski definition) is 6. The van der Waals surface area contributed by atoms with E-state index in [2.05, 4.69) is 0 Å². The van der Waals surface area contributed by atoms with Crippen LogP contribution in [-0.4, -0.2) is 68.0 Å². The lowest BCUT2D eigenvalue weighted by Gasteiger charge is -2.39. The SMILES string of the molecule is OCc1cccc(O)c1O[C@H]1O[C@@H](CO)[C@H](O)[C@H](O)[C@@H]1O. The molecule has 0 unspecified atom stereocenters. The first kappa shape index (κ1) is 16.0. The third-order valence-corrected chi connectivity index (χ3v) is 3.33. The van der Waals surface area contributed by atoms with Crippen molar-refractivity contribution >= 4 is 0 Å². The topological polar surface area (TPSA) is 140 Å². The van der Waals surface area contributed by atoms with Crippen LogP contribution >= 0.6 is 0 Å². The molecule has 2 rings (SSSR count). The van der Waals surface area contributed by atoms with Crippen LogP contribution in [0.1, 0.15) is 5.56 Å². The Balaban J connectivity index is 2.22. The summed E-state index contributed by atoms with van der Waals surface area (Å²) < 4.78 is 10.5. The van der Waals surface area contributed by atoms with Crippen molar-refractivity contribution in [3.8, 4) is 11.5 Å². The van der Waals surface area contributed by atoms with Gasteiger partial charge < -0.3 is 40.1 Å². The number of para-hydroxylation sites is 1. The Labute approximate surface area is 120 Å². The summed E-state index contributed by atoms with van der Waals surface area (Å²) in [4.78, 5) is 0. The third kappa shape index (κ3) is 3.10. The predicted molar refractivity (Wildman–Crippen MR) is 68.4 cm³/mol. The predicted octanol–water partition coefficient (Wildman–Crippen LogP) is -1.94. The van der Waals surface area contributed by atoms with Crippen LogP contribution in [0.15, 0.2) is 18.2 Å². The standard InChI is InChI=1S/C13H18O8/c14-4-6-2-1-3-7(16)12(6)21-13-11(19)10(18)9(17)8(5-15)20-13/h1-3,8-11,13-19H,4-5H2/t8-,9-,10-,11-,13+/m0/s1. The molecule has 1 aliphatic rings. The average molecular weight is 302 g/mol. The Morgan fingerprint density at radius 1 is 1.05 bits per heavy atom. The third-order valence-electron chi connectivity index (χ3n) is 3.33. The highest BCUT2D eigenvalue weighted by Gasteiger charge is 2.45. The van der Waals surface area contributed by atoms with Crippen LogP contribution in [0, 0.1) is 0 Å². The maximum atomic E-state index is 9.85. The molecule has 0 aromatic heterocycles. The number of ether oxygens (including phenoxy) is 2. The van der Waals surface area contributed by atoms with E-state index in [4.69, 9.17) is 14.6 Å². The molecule has 1 aromatic rings. The van der Waals surface area contributed by atoms with Gasteiger partial charge in [0.15, 0.2) is 11.5 Å². The van der Waals surface area contributed by atoms with E-state index in [0.29, 0.717) is 0 Å². The minimum Gasteiger partial charge on any atom is -0.504 e. The lowest BCUT2D eigenvalue weighted by molar-refractivity contribution is -0.277. The van der Waals surface area contributed by atoms with Gasteiger partial charge in [0, 0.05) is 5.56 Å². The van der Waals surface area contributed by atoms with Crippen molar-refractivity contribution in [3.63, 3.8) is 0 Å². The number of hydrogen-bond acceptors (Lipinski definition) is 8. The monoisotopic (exact) mass is 302 g/mol. The van der Waals surface area contributed by atoms with E-state index in [-0.39, 0.29) is 17.1 Å². The fourth-order valence-corrected chi connectivity index (χ4v) is 2.11. The highest BCUT2D eigenvalue weighted by atomic mass is 16.7. The normalized spacial score (nSPS) is 32.9. The first-order valence-electron chi connectivity index (χ1n) is 6.38. The summed E-state index contributed by atoms with van der Waals surface area (Å²) in [5, 5.41) is 57.2. The Bertz CT molecular complexity index is 477. The molecule has 1 heterocycles. The second kappa shape index (κ2) is 6.56. The van der Waals surface area contributed by atoms with Gasteiger partial charge >= 0.3 is 0 Å². The first-order chi connectivity index (χ1) is 9.99. The van der Waals surface area contributed by atoms with Crippen LogP contribution in [0.3, 0.4) is 0 Å². The summed E-state index contributed by atoms with van der Waals surface area (Å²) >= 11 is 0. The van der Waals surface area contributed by atoms with Gasteiger partial charge in [0.2, 0.25) is 6.29 Å². The molecule has 5 atom stereocenters. The molecular weight excluding hydrogens is 284 g/mol. The van der Waals surface area contributed by atoms with Gasteiger partial charge in [-0.3, -0.25) is 0 Å². The Hall–Kier alpha value is -1.42. The van der Waals surface area contributed by atoms with Gasteiger partial charge in [-0.15, -0.1) is 0 Å². The molecule has 0 saturated carbocycles. The highest BCUT2D eigenvalue weighted by molar-refractivity contribution is 5.45. The van der Waals surface area contributed by atoms with E-state index >= 15 is 0 Å². The zero-order valence-electron chi connectivity index (χ0n) is 11.0. The van der Waals surface area contributed by atoms with Crippen molar-refractivity contribution in [2.75, 3.05) is 6.61 Å². The van der Waals surface area contributed by atoms with Gasteiger partial charge in [-0.25, -0.2) is 0 Å². The van der Waals surface area contributed by atoms with Gasteiger partial charge in [0.1, 0.15) is 24.4 Å². The van der Waals surface area contributed by atoms with Crippen LogP contribution in [0.2, 0.25) is 0 Å². The molecule has 0 aliphatic carbocycles. The van der Waals surface area contributed by atoms with Gasteiger partial charge in [-0.2, -0.15) is 0 Å². The molecule has 6 N–H and O–H groups in total. The fourth-order valence-electron chi connectivity index (χ4n) is 2.11. The van der Waals surface area contributed by atoms with E-state index in [1.165, 1.54) is 18.2 Å². The Morgan fingerprint density at radius 3 is 2.38 bits per heavy atom. The molecule has 8 nitrogen and oxygen atoms in total. The summed E-state index contributed by atoms with van der Waals surface area (Å²) in [5.41, 5.74) is 0.256. The lowest BCUT2D eigenvalue weighted by atomic mass is 9.99. The smallest absolute Gasteiger partial charge is 0.229 e. The highest BCUT2D eigenvalue weighted by Crippen LogP contribution is 2.33. The van der Waals surface area contributed by atoms with Crippen molar-refractivity contribution in [2.24, 2.45) is 0 Å². The molecule has 118 valence electrons. The van der Waals surface area contributed by atoms with Crippen molar-refractivity contribution < 1.29 is 40.1 Å². The zero-order chi connectivity index (χ0) is 15.6. The van der Waals surface area contributed by atoms with Gasteiger partial charge in [0.25, 0.3) is 0 Å². The summed E-state index contributed by atoms with van der Waals surface area (Å²) in [6.45, 7) is -1.00. The van der Waals surface area contributed by atoms with E-state index in [1.54, 1.807) is 0 Å². The molecular formula is C13H18O8. The molecule has 21 heavy (non-hydrogen) atoms. The summed E-state index contributed by atoms with van der Waals surface area (Å²) in [6.07, 6.45) is -7.19. The van der Waals surface area contributed by atoms with E-state index in [1.807, 2.05) is 0 Å². The molecule has 1 aliphatic heterocycles. The van der Waals surface area contributed by atoms with Gasteiger partial charge in [-0.1, -0.05) is 12.1 Å². The maximum Gasteiger partial charge on any atom is 0.229 e. The fraction of sp³-hybridized carbons (Fsp3) is 0.538. The summed E-state index contributed by atoms with van der Waals surface area (Å²) in [5.74, 6) is -0.386. The van der Waals surface area contributed by atoms with E-state index in [0.717, 1.165) is 0 Å². The van der Waals surface area contributed by atoms with Crippen LogP contribution < -0.4 is 4.74 Å². The van der Waals surface area contributed by atoms with E-state index in [9.17, 15) is 25.5 Å². The van der Waals surface area contributed by atoms with Crippen molar-refractivity contribution in [2.45, 2.75) is 37.3 Å². The molecule has 1 aromatic carbocycles. The number of benzene rings is 1. The van der Waals surface area contributed by atoms with Crippen molar-refractivity contribution in [1.82, 2.24) is 0 Å². The van der Waals surface area contributed by atoms with Crippen molar-refractivity contribution in [3.05, 3.63) is 23.8 Å². The molecule has 8 heteroatoms. The number of phenolic OH excluding ortho intramolecular Hbond substituents is 1. The van der Waals surface area contributed by atoms with Crippen molar-refractivity contribution in [1.29, 1.82) is 0 Å². The Morgan fingerprint density at radius 2 is 1.76 bits per heavy atom. The average Bonchev–Trinajstić information content (AvgIpc) is 2.49. The number of phenols is 1. The second-order valence-electron chi connectivity index (χ2n) is 4.74. The number of aromatic hydroxyl groups is 1. The molecule has 1 saturated heterocycles. The van der Waals surface area contributed by atoms with Gasteiger partial charge in [0.05, 0.1) is 13.2 Å². The summed E-state index contributed by atoms with van der Waals surface area (Å²) in [6, 6.07) is 4.32. The van der Waals surface area contributed by atoms with Gasteiger partial charge in [-0.05, 0) is 6.07 Å². The minimum absolute atomic E-state index is 0.107.